The van der Waals surface area contributed by atoms with Gasteiger partial charge in [0.15, 0.2) is 0 Å². The predicted octanol–water partition coefficient (Wildman–Crippen LogP) is 1.68. The summed E-state index contributed by atoms with van der Waals surface area (Å²) in [5, 5.41) is 0. The molecule has 0 radical (unpaired) electrons. The quantitative estimate of drug-likeness (QED) is 0.568. The summed E-state index contributed by atoms with van der Waals surface area (Å²) in [6.45, 7) is 0. The third-order valence-electron chi connectivity index (χ3n) is 0. The first-order chi connectivity index (χ1) is 2.00. The Labute approximate surface area is 38.2 Å². The van der Waals surface area contributed by atoms with Gasteiger partial charge in [0, 0.05) is 0 Å². The van der Waals surface area contributed by atoms with Gasteiger partial charge in [0.05, 0.1) is 0 Å². The summed E-state index contributed by atoms with van der Waals surface area (Å²) in [6.07, 6.45) is 0. The van der Waals surface area contributed by atoms with Crippen LogP contribution in [0.4, 0.5) is 5.65 Å². The summed E-state index contributed by atoms with van der Waals surface area (Å²) >= 11 is -6.83. The van der Waals surface area contributed by atoms with Gasteiger partial charge in [-0.3, -0.25) is 0 Å². The van der Waals surface area contributed by atoms with Crippen LogP contribution in [0.15, 0.2) is 0 Å². The van der Waals surface area contributed by atoms with E-state index in [1.165, 1.54) is 0 Å². The molecular formula is ErF4. The third kappa shape index (κ3) is 46.8. The Morgan fingerprint density at radius 1 is 0.800 bits per heavy atom. The zero-order chi connectivity index (χ0) is 4.50. The van der Waals surface area contributed by atoms with Gasteiger partial charge in [-0.15, -0.1) is 0 Å². The maximum absolute atomic E-state index is 9.85. The molecule has 0 aliphatic rings. The maximum atomic E-state index is 9.85. The Morgan fingerprint density at radius 3 is 0.800 bits per heavy atom. The fourth-order valence-electron chi connectivity index (χ4n) is 0. The molecule has 0 saturated carbocycles. The van der Waals surface area contributed by atoms with Gasteiger partial charge in [-0.2, -0.15) is 0 Å². The van der Waals surface area contributed by atoms with E-state index in [0.717, 1.165) is 0 Å². The van der Waals surface area contributed by atoms with Gasteiger partial charge in [0.2, 0.25) is 0 Å². The molecule has 0 saturated heterocycles. The molecule has 0 aliphatic carbocycles. The van der Waals surface area contributed by atoms with E-state index in [1.54, 1.807) is 0 Å². The Balaban J connectivity index is 3.02. The molecule has 0 rings (SSSR count). The van der Waals surface area contributed by atoms with E-state index in [2.05, 4.69) is 0 Å². The fourth-order valence-corrected chi connectivity index (χ4v) is 0. The second-order valence-corrected chi connectivity index (χ2v) is 1.84. The predicted molar refractivity (Wildman–Crippen MR) is 4.43 cm³/mol. The normalized spacial score (nSPS) is 15.2. The first kappa shape index (κ1) is 5.97. The van der Waals surface area contributed by atoms with Crippen LogP contribution in [-0.2, 0) is 0 Å². The molecule has 0 nitrogen and oxygen atoms in total. The summed E-state index contributed by atoms with van der Waals surface area (Å²) in [6, 6.07) is 0. The number of halogens is 4. The average Bonchev–Trinajstić information content (AvgIpc) is 0.722. The molecule has 0 heterocycles. The van der Waals surface area contributed by atoms with Crippen LogP contribution >= 0.6 is 0 Å². The molecular weight excluding hydrogens is 243 g/mol. The standard InChI is InChI=1S/Er.4FH/h;4*1H/q+4;;;;/p-4. The SMILES string of the molecule is [F][Er]([F])([F])[F]. The number of rotatable bonds is 0. The van der Waals surface area contributed by atoms with Crippen molar-refractivity contribution in [1.29, 1.82) is 0 Å². The fraction of sp³-hybridized carbons (Fsp3) is 0. The summed E-state index contributed by atoms with van der Waals surface area (Å²) in [4.78, 5) is 0. The van der Waals surface area contributed by atoms with E-state index in [1.807, 2.05) is 0 Å². The minimum atomic E-state index is -6.83. The van der Waals surface area contributed by atoms with E-state index < -0.39 is 32.7 Å². The van der Waals surface area contributed by atoms with Gasteiger partial charge in [0.1, 0.15) is 0 Å². The van der Waals surface area contributed by atoms with Gasteiger partial charge in [-0.1, -0.05) is 0 Å². The molecule has 0 aromatic carbocycles. The Kier molecular flexibility index (Phi) is 1.92. The molecule has 40 valence electrons. The molecule has 0 aliphatic heterocycles. The van der Waals surface area contributed by atoms with Crippen molar-refractivity contribution >= 4 is 0 Å². The molecule has 5 heteroatoms. The van der Waals surface area contributed by atoms with Gasteiger partial charge < -0.3 is 0 Å². The summed E-state index contributed by atoms with van der Waals surface area (Å²) in [5.41, 5.74) is 0. The van der Waals surface area contributed by atoms with Crippen LogP contribution in [0, 0.1) is 32.7 Å². The van der Waals surface area contributed by atoms with Crippen LogP contribution in [0.3, 0.4) is 0 Å². The van der Waals surface area contributed by atoms with Crippen molar-refractivity contribution in [1.82, 2.24) is 0 Å². The van der Waals surface area contributed by atoms with E-state index in [9.17, 15) is 5.65 Å². The monoisotopic (exact) mass is 242 g/mol. The second-order valence-electron chi connectivity index (χ2n) is 0.247. The van der Waals surface area contributed by atoms with Crippen molar-refractivity contribution in [2.75, 3.05) is 0 Å². The topological polar surface area (TPSA) is 0 Å². The Bertz CT molecular complexity index is 19.1. The molecule has 0 N–H and O–H groups in total. The third-order valence-corrected chi connectivity index (χ3v) is 0. The number of hydrogen-bond acceptors (Lipinski definition) is 0. The average molecular weight is 243 g/mol. The zero-order valence-corrected chi connectivity index (χ0v) is 3.65. The van der Waals surface area contributed by atoms with Crippen molar-refractivity contribution in [2.24, 2.45) is 0 Å². The molecule has 0 fully saturated rings. The molecule has 0 unspecified atom stereocenters. The summed E-state index contributed by atoms with van der Waals surface area (Å²) < 4.78 is 39.4. The first-order valence-corrected chi connectivity index (χ1v) is 3.24. The van der Waals surface area contributed by atoms with Crippen molar-refractivity contribution < 1.29 is 38.3 Å². The van der Waals surface area contributed by atoms with Crippen LogP contribution in [-0.4, -0.2) is 0 Å². The summed E-state index contributed by atoms with van der Waals surface area (Å²) in [7, 11) is 0. The zero-order valence-electron chi connectivity index (χ0n) is 1.80. The van der Waals surface area contributed by atoms with Crippen molar-refractivity contribution in [2.45, 2.75) is 0 Å². The number of hydrogen-bond donors (Lipinski definition) is 0. The van der Waals surface area contributed by atoms with E-state index >= 15 is 0 Å². The molecule has 0 aromatic heterocycles. The molecule has 5 heavy (non-hydrogen) atoms. The van der Waals surface area contributed by atoms with Gasteiger partial charge >= 0.3 is 38.3 Å². The van der Waals surface area contributed by atoms with Crippen LogP contribution in [0.25, 0.3) is 0 Å². The van der Waals surface area contributed by atoms with E-state index in [0.29, 0.717) is 0 Å². The van der Waals surface area contributed by atoms with Crippen LogP contribution in [0.5, 0.6) is 0 Å². The summed E-state index contributed by atoms with van der Waals surface area (Å²) in [5.74, 6) is 0. The van der Waals surface area contributed by atoms with Gasteiger partial charge in [-0.05, 0) is 0 Å². The van der Waals surface area contributed by atoms with Crippen molar-refractivity contribution in [3.05, 3.63) is 0 Å². The van der Waals surface area contributed by atoms with Crippen LogP contribution in [0.1, 0.15) is 0 Å². The molecule has 0 amide bonds. The molecule has 0 spiro atoms. The van der Waals surface area contributed by atoms with E-state index in [4.69, 9.17) is 0 Å². The van der Waals surface area contributed by atoms with Gasteiger partial charge in [0.25, 0.3) is 0 Å². The van der Waals surface area contributed by atoms with Crippen LogP contribution < -0.4 is 0 Å². The minimum absolute atomic E-state index is 6.83. The van der Waals surface area contributed by atoms with Gasteiger partial charge in [-0.25, -0.2) is 0 Å². The molecule has 0 aromatic rings. The van der Waals surface area contributed by atoms with Crippen molar-refractivity contribution in [3.8, 4) is 0 Å². The van der Waals surface area contributed by atoms with E-state index in [-0.39, 0.29) is 0 Å². The first-order valence-electron chi connectivity index (χ1n) is 0.436. The van der Waals surface area contributed by atoms with Crippen molar-refractivity contribution in [3.63, 3.8) is 0 Å². The Hall–Kier alpha value is 0.967. The Morgan fingerprint density at radius 2 is 0.800 bits per heavy atom. The molecule has 0 atom stereocenters. The second kappa shape index (κ2) is 1.61. The van der Waals surface area contributed by atoms with Crippen LogP contribution in [0.2, 0.25) is 0 Å². The molecule has 0 bridgehead atoms.